The molecule has 0 radical (unpaired) electrons. The van der Waals surface area contributed by atoms with Crippen molar-refractivity contribution in [1.82, 2.24) is 0 Å². The maximum absolute atomic E-state index is 11.3. The maximum Gasteiger partial charge on any atom is 0.337 e. The van der Waals surface area contributed by atoms with Gasteiger partial charge in [0.2, 0.25) is 0 Å². The van der Waals surface area contributed by atoms with Crippen LogP contribution < -0.4 is 0 Å². The summed E-state index contributed by atoms with van der Waals surface area (Å²) in [5.41, 5.74) is 0.850. The first-order valence-electron chi connectivity index (χ1n) is 4.76. The minimum atomic E-state index is -1.58. The van der Waals surface area contributed by atoms with E-state index >= 15 is 0 Å². The van der Waals surface area contributed by atoms with Crippen molar-refractivity contribution in [3.63, 3.8) is 0 Å². The molecule has 0 fully saturated rings. The first-order chi connectivity index (χ1) is 7.95. The van der Waals surface area contributed by atoms with Crippen molar-refractivity contribution in [2.45, 2.75) is 17.4 Å². The molecule has 0 aromatic heterocycles. The molecule has 1 aromatic rings. The fourth-order valence-electron chi connectivity index (χ4n) is 1.32. The summed E-state index contributed by atoms with van der Waals surface area (Å²) in [5, 5.41) is 18.3. The zero-order valence-corrected chi connectivity index (χ0v) is 11.2. The van der Waals surface area contributed by atoms with Gasteiger partial charge in [-0.1, -0.05) is 28.1 Å². The minimum Gasteiger partial charge on any atom is -0.479 e. The molecule has 2 N–H and O–H groups in total. The Balaban J connectivity index is 3.02. The molecule has 0 aliphatic rings. The molecule has 0 amide bonds. The number of halogens is 1. The van der Waals surface area contributed by atoms with Crippen LogP contribution in [-0.2, 0) is 16.0 Å². The van der Waals surface area contributed by atoms with Crippen LogP contribution in [0.1, 0.15) is 17.2 Å². The van der Waals surface area contributed by atoms with Crippen LogP contribution in [0.25, 0.3) is 0 Å². The van der Waals surface area contributed by atoms with Gasteiger partial charge in [-0.05, 0) is 17.2 Å². The Morgan fingerprint density at radius 3 is 2.59 bits per heavy atom. The average Bonchev–Trinajstić information content (AvgIpc) is 2.30. The van der Waals surface area contributed by atoms with Gasteiger partial charge in [-0.2, -0.15) is 0 Å². The normalized spacial score (nSPS) is 12.2. The van der Waals surface area contributed by atoms with Crippen molar-refractivity contribution in [3.8, 4) is 0 Å². The van der Waals surface area contributed by atoms with Crippen LogP contribution >= 0.6 is 28.6 Å². The zero-order chi connectivity index (χ0) is 13.0. The number of rotatable bonds is 5. The van der Waals surface area contributed by atoms with Gasteiger partial charge in [-0.3, -0.25) is 4.79 Å². The summed E-state index contributed by atoms with van der Waals surface area (Å²) >= 11 is 7.23. The Labute approximate surface area is 112 Å². The number of alkyl halides is 1. The Morgan fingerprint density at radius 1 is 1.41 bits per heavy atom. The molecule has 6 heteroatoms. The summed E-state index contributed by atoms with van der Waals surface area (Å²) in [7, 11) is 0. The van der Waals surface area contributed by atoms with Gasteiger partial charge < -0.3 is 10.2 Å². The number of aliphatic carboxylic acids is 1. The first kappa shape index (κ1) is 14.2. The zero-order valence-electron chi connectivity index (χ0n) is 8.76. The standard InChI is InChI=1S/C11H11BrO4S/c12-5-8(13)4-7-3-6(1-2-9(7)17)10(14)11(15)16/h1-3,10,14,17H,4-5H2,(H,15,16). The summed E-state index contributed by atoms with van der Waals surface area (Å²) in [4.78, 5) is 22.5. The number of ketones is 1. The summed E-state index contributed by atoms with van der Waals surface area (Å²) in [5.74, 6) is -1.36. The highest BCUT2D eigenvalue weighted by Crippen LogP contribution is 2.21. The van der Waals surface area contributed by atoms with Crippen molar-refractivity contribution in [2.75, 3.05) is 5.33 Å². The lowest BCUT2D eigenvalue weighted by atomic mass is 10.0. The van der Waals surface area contributed by atoms with Crippen LogP contribution in [0.2, 0.25) is 0 Å². The van der Waals surface area contributed by atoms with E-state index in [-0.39, 0.29) is 23.1 Å². The lowest BCUT2D eigenvalue weighted by Crippen LogP contribution is -2.11. The number of carbonyl (C=O) groups excluding carboxylic acids is 1. The third-order valence-electron chi connectivity index (χ3n) is 2.19. The van der Waals surface area contributed by atoms with E-state index in [2.05, 4.69) is 28.6 Å². The van der Waals surface area contributed by atoms with E-state index < -0.39 is 12.1 Å². The Morgan fingerprint density at radius 2 is 2.06 bits per heavy atom. The maximum atomic E-state index is 11.3. The topological polar surface area (TPSA) is 74.6 Å². The van der Waals surface area contributed by atoms with Crippen LogP contribution in [0, 0.1) is 0 Å². The molecule has 17 heavy (non-hydrogen) atoms. The molecular formula is C11H11BrO4S. The number of aliphatic hydroxyl groups is 1. The van der Waals surface area contributed by atoms with Crippen LogP contribution in [-0.4, -0.2) is 27.3 Å². The van der Waals surface area contributed by atoms with E-state index in [1.54, 1.807) is 6.07 Å². The highest BCUT2D eigenvalue weighted by molar-refractivity contribution is 9.09. The van der Waals surface area contributed by atoms with Crippen LogP contribution in [0.5, 0.6) is 0 Å². The third kappa shape index (κ3) is 3.83. The van der Waals surface area contributed by atoms with E-state index in [9.17, 15) is 14.7 Å². The summed E-state index contributed by atoms with van der Waals surface area (Å²) in [6.45, 7) is 0. The van der Waals surface area contributed by atoms with Gasteiger partial charge in [0.1, 0.15) is 5.78 Å². The largest absolute Gasteiger partial charge is 0.479 e. The second-order valence-corrected chi connectivity index (χ2v) is 4.52. The second-order valence-electron chi connectivity index (χ2n) is 3.48. The smallest absolute Gasteiger partial charge is 0.337 e. The third-order valence-corrected chi connectivity index (χ3v) is 3.25. The molecule has 0 saturated carbocycles. The van der Waals surface area contributed by atoms with Crippen molar-refractivity contribution in [3.05, 3.63) is 29.3 Å². The van der Waals surface area contributed by atoms with E-state index in [0.717, 1.165) is 0 Å². The molecule has 0 spiro atoms. The fraction of sp³-hybridized carbons (Fsp3) is 0.273. The first-order valence-corrected chi connectivity index (χ1v) is 6.33. The number of benzene rings is 1. The molecule has 4 nitrogen and oxygen atoms in total. The van der Waals surface area contributed by atoms with Crippen molar-refractivity contribution in [2.24, 2.45) is 0 Å². The number of hydrogen-bond acceptors (Lipinski definition) is 4. The van der Waals surface area contributed by atoms with Gasteiger partial charge in [0.25, 0.3) is 0 Å². The predicted molar refractivity (Wildman–Crippen MR) is 68.8 cm³/mol. The lowest BCUT2D eigenvalue weighted by molar-refractivity contribution is -0.146. The average molecular weight is 319 g/mol. The SMILES string of the molecule is O=C(CBr)Cc1cc(C(O)C(=O)O)ccc1S. The quantitative estimate of drug-likeness (QED) is 0.569. The van der Waals surface area contributed by atoms with Gasteiger partial charge in [-0.15, -0.1) is 12.6 Å². The van der Waals surface area contributed by atoms with Gasteiger partial charge in [0.05, 0.1) is 5.33 Å². The summed E-state index contributed by atoms with van der Waals surface area (Å²) in [6, 6.07) is 4.53. The van der Waals surface area contributed by atoms with Crippen LogP contribution in [0.15, 0.2) is 23.1 Å². The number of carboxylic acid groups (broad SMARTS) is 1. The van der Waals surface area contributed by atoms with Gasteiger partial charge >= 0.3 is 5.97 Å². The fourth-order valence-corrected chi connectivity index (χ4v) is 1.74. The van der Waals surface area contributed by atoms with Crippen LogP contribution in [0.4, 0.5) is 0 Å². The Bertz CT molecular complexity index is 447. The van der Waals surface area contributed by atoms with Crippen molar-refractivity contribution < 1.29 is 19.8 Å². The molecule has 1 aromatic carbocycles. The molecule has 0 bridgehead atoms. The van der Waals surface area contributed by atoms with Crippen LogP contribution in [0.3, 0.4) is 0 Å². The minimum absolute atomic E-state index is 0.0396. The summed E-state index contributed by atoms with van der Waals surface area (Å²) in [6.07, 6.45) is -1.42. The second kappa shape index (κ2) is 6.18. The van der Waals surface area contributed by atoms with Crippen molar-refractivity contribution in [1.29, 1.82) is 0 Å². The lowest BCUT2D eigenvalue weighted by Gasteiger charge is -2.09. The number of Topliss-reactive ketones (excluding diaryl/α,β-unsaturated/α-hetero) is 1. The number of carbonyl (C=O) groups is 2. The molecule has 0 saturated heterocycles. The van der Waals surface area contributed by atoms with Gasteiger partial charge in [0.15, 0.2) is 6.10 Å². The van der Waals surface area contributed by atoms with E-state index in [1.807, 2.05) is 0 Å². The summed E-state index contributed by atoms with van der Waals surface area (Å²) < 4.78 is 0. The highest BCUT2D eigenvalue weighted by atomic mass is 79.9. The van der Waals surface area contributed by atoms with Gasteiger partial charge in [-0.25, -0.2) is 4.79 Å². The number of thiol groups is 1. The molecule has 0 heterocycles. The number of aliphatic hydroxyl groups excluding tert-OH is 1. The molecule has 1 unspecified atom stereocenters. The van der Waals surface area contributed by atoms with E-state index in [1.165, 1.54) is 12.1 Å². The molecule has 0 aliphatic carbocycles. The molecule has 1 atom stereocenters. The van der Waals surface area contributed by atoms with E-state index in [0.29, 0.717) is 10.5 Å². The molecule has 92 valence electrons. The van der Waals surface area contributed by atoms with Crippen molar-refractivity contribution >= 4 is 40.3 Å². The monoisotopic (exact) mass is 318 g/mol. The Kier molecular flexibility index (Phi) is 5.17. The molecule has 0 aliphatic heterocycles. The predicted octanol–water partition coefficient (Wildman–Crippen LogP) is 1.60. The van der Waals surface area contributed by atoms with Gasteiger partial charge in [0, 0.05) is 11.3 Å². The molecule has 1 rings (SSSR count). The Hall–Kier alpha value is -0.850. The number of hydrogen-bond donors (Lipinski definition) is 3. The van der Waals surface area contributed by atoms with E-state index in [4.69, 9.17) is 5.11 Å². The highest BCUT2D eigenvalue weighted by Gasteiger charge is 2.17. The molecular weight excluding hydrogens is 308 g/mol. The number of carboxylic acids is 1.